The van der Waals surface area contributed by atoms with E-state index in [2.05, 4.69) is 0 Å². The molecule has 3 rings (SSSR count). The van der Waals surface area contributed by atoms with E-state index in [1.807, 2.05) is 24.3 Å². The Balaban J connectivity index is 2.20. The van der Waals surface area contributed by atoms with E-state index in [1.54, 1.807) is 6.26 Å². The van der Waals surface area contributed by atoms with Crippen molar-refractivity contribution >= 4 is 16.9 Å². The molecule has 1 aromatic carbocycles. The number of aliphatic carboxylic acids is 1. The summed E-state index contributed by atoms with van der Waals surface area (Å²) >= 11 is 0. The fourth-order valence-corrected chi connectivity index (χ4v) is 3.12. The van der Waals surface area contributed by atoms with Crippen molar-refractivity contribution in [1.82, 2.24) is 0 Å². The number of rotatable bonds is 2. The summed E-state index contributed by atoms with van der Waals surface area (Å²) in [5.41, 5.74) is 0.828. The third-order valence-corrected chi connectivity index (χ3v) is 4.11. The van der Waals surface area contributed by atoms with Gasteiger partial charge in [-0.25, -0.2) is 0 Å². The van der Waals surface area contributed by atoms with E-state index in [0.29, 0.717) is 12.8 Å². The van der Waals surface area contributed by atoms with E-state index < -0.39 is 11.4 Å². The molecular weight excluding hydrogens is 228 g/mol. The van der Waals surface area contributed by atoms with Gasteiger partial charge in [-0.3, -0.25) is 4.79 Å². The minimum absolute atomic E-state index is 0.710. The molecular formula is C15H16O3. The van der Waals surface area contributed by atoms with Crippen LogP contribution in [0.5, 0.6) is 0 Å². The molecule has 2 aromatic rings. The zero-order chi connectivity index (χ0) is 12.6. The maximum absolute atomic E-state index is 11.8. The van der Waals surface area contributed by atoms with Gasteiger partial charge in [-0.05, 0) is 18.9 Å². The number of fused-ring (bicyclic) bond motifs is 1. The molecule has 94 valence electrons. The SMILES string of the molecule is O=C(O)C1(c2cccc3ccoc23)CCCCC1. The van der Waals surface area contributed by atoms with Gasteiger partial charge in [-0.1, -0.05) is 37.5 Å². The number of hydrogen-bond acceptors (Lipinski definition) is 2. The Kier molecular flexibility index (Phi) is 2.62. The normalized spacial score (nSPS) is 18.9. The van der Waals surface area contributed by atoms with Crippen LogP contribution in [0.3, 0.4) is 0 Å². The molecule has 0 unspecified atom stereocenters. The maximum Gasteiger partial charge on any atom is 0.314 e. The molecule has 0 spiro atoms. The molecule has 1 aliphatic rings. The smallest absolute Gasteiger partial charge is 0.314 e. The molecule has 0 aliphatic heterocycles. The Bertz CT molecular complexity index is 576. The Morgan fingerprint density at radius 2 is 1.94 bits per heavy atom. The van der Waals surface area contributed by atoms with Gasteiger partial charge in [-0.15, -0.1) is 0 Å². The van der Waals surface area contributed by atoms with Crippen molar-refractivity contribution < 1.29 is 14.3 Å². The van der Waals surface area contributed by atoms with Crippen LogP contribution in [0.2, 0.25) is 0 Å². The Morgan fingerprint density at radius 1 is 1.17 bits per heavy atom. The quantitative estimate of drug-likeness (QED) is 0.875. The number of carbonyl (C=O) groups is 1. The summed E-state index contributed by atoms with van der Waals surface area (Å²) in [7, 11) is 0. The van der Waals surface area contributed by atoms with Crippen LogP contribution in [-0.4, -0.2) is 11.1 Å². The molecule has 1 N–H and O–H groups in total. The number of carboxylic acid groups (broad SMARTS) is 1. The second kappa shape index (κ2) is 4.16. The molecule has 1 aromatic heterocycles. The second-order valence-corrected chi connectivity index (χ2v) is 5.09. The summed E-state index contributed by atoms with van der Waals surface area (Å²) in [6.07, 6.45) is 6.13. The van der Waals surface area contributed by atoms with E-state index in [1.165, 1.54) is 0 Å². The fourth-order valence-electron chi connectivity index (χ4n) is 3.12. The lowest BCUT2D eigenvalue weighted by Gasteiger charge is -2.33. The molecule has 0 amide bonds. The average molecular weight is 244 g/mol. The second-order valence-electron chi connectivity index (χ2n) is 5.09. The standard InChI is InChI=1S/C15H16O3/c16-14(17)15(8-2-1-3-9-15)12-6-4-5-11-7-10-18-13(11)12/h4-7,10H,1-3,8-9H2,(H,16,17). The van der Waals surface area contributed by atoms with Crippen molar-refractivity contribution in [3.05, 3.63) is 36.1 Å². The van der Waals surface area contributed by atoms with Crippen LogP contribution in [0.15, 0.2) is 34.9 Å². The van der Waals surface area contributed by atoms with Crippen LogP contribution in [0, 0.1) is 0 Å². The van der Waals surface area contributed by atoms with Crippen molar-refractivity contribution in [3.8, 4) is 0 Å². The van der Waals surface area contributed by atoms with Crippen molar-refractivity contribution in [2.45, 2.75) is 37.5 Å². The molecule has 0 atom stereocenters. The van der Waals surface area contributed by atoms with Crippen LogP contribution < -0.4 is 0 Å². The minimum Gasteiger partial charge on any atom is -0.481 e. The predicted molar refractivity (Wildman–Crippen MR) is 68.6 cm³/mol. The largest absolute Gasteiger partial charge is 0.481 e. The summed E-state index contributed by atoms with van der Waals surface area (Å²) in [5.74, 6) is -0.717. The van der Waals surface area contributed by atoms with Gasteiger partial charge >= 0.3 is 5.97 Å². The van der Waals surface area contributed by atoms with E-state index in [9.17, 15) is 9.90 Å². The molecule has 3 nitrogen and oxygen atoms in total. The average Bonchev–Trinajstić information content (AvgIpc) is 2.87. The highest BCUT2D eigenvalue weighted by Gasteiger charge is 2.42. The number of carboxylic acids is 1. The van der Waals surface area contributed by atoms with Gasteiger partial charge in [0.1, 0.15) is 5.58 Å². The molecule has 18 heavy (non-hydrogen) atoms. The predicted octanol–water partition coefficient (Wildman–Crippen LogP) is 3.72. The lowest BCUT2D eigenvalue weighted by Crippen LogP contribution is -2.37. The molecule has 1 heterocycles. The molecule has 0 bridgehead atoms. The van der Waals surface area contributed by atoms with Crippen molar-refractivity contribution in [2.24, 2.45) is 0 Å². The Morgan fingerprint density at radius 3 is 2.67 bits per heavy atom. The third-order valence-electron chi connectivity index (χ3n) is 4.11. The van der Waals surface area contributed by atoms with Crippen LogP contribution in [-0.2, 0) is 10.2 Å². The Hall–Kier alpha value is -1.77. The Labute approximate surface area is 105 Å². The van der Waals surface area contributed by atoms with Crippen LogP contribution in [0.25, 0.3) is 11.0 Å². The lowest BCUT2D eigenvalue weighted by molar-refractivity contribution is -0.145. The van der Waals surface area contributed by atoms with Gasteiger partial charge in [0.05, 0.1) is 11.7 Å². The van der Waals surface area contributed by atoms with Crippen LogP contribution in [0.4, 0.5) is 0 Å². The molecule has 1 fully saturated rings. The summed E-state index contributed by atoms with van der Waals surface area (Å²) in [5, 5.41) is 10.7. The highest BCUT2D eigenvalue weighted by Crippen LogP contribution is 2.42. The summed E-state index contributed by atoms with van der Waals surface area (Å²) in [6, 6.07) is 7.68. The van der Waals surface area contributed by atoms with E-state index in [4.69, 9.17) is 4.42 Å². The van der Waals surface area contributed by atoms with Gasteiger partial charge in [-0.2, -0.15) is 0 Å². The van der Waals surface area contributed by atoms with Crippen molar-refractivity contribution in [1.29, 1.82) is 0 Å². The van der Waals surface area contributed by atoms with E-state index in [-0.39, 0.29) is 0 Å². The van der Waals surface area contributed by atoms with Gasteiger partial charge < -0.3 is 9.52 Å². The molecule has 1 saturated carbocycles. The number of para-hydroxylation sites is 1. The minimum atomic E-state index is -0.754. The number of hydrogen-bond donors (Lipinski definition) is 1. The van der Waals surface area contributed by atoms with Crippen molar-refractivity contribution in [3.63, 3.8) is 0 Å². The maximum atomic E-state index is 11.8. The fraction of sp³-hybridized carbons (Fsp3) is 0.400. The first-order chi connectivity index (χ1) is 8.74. The number of furan rings is 1. The molecule has 1 aliphatic carbocycles. The van der Waals surface area contributed by atoms with E-state index in [0.717, 1.165) is 35.8 Å². The van der Waals surface area contributed by atoms with Crippen LogP contribution in [0.1, 0.15) is 37.7 Å². The first-order valence-corrected chi connectivity index (χ1v) is 6.44. The lowest BCUT2D eigenvalue weighted by atomic mass is 9.69. The number of benzene rings is 1. The van der Waals surface area contributed by atoms with E-state index >= 15 is 0 Å². The zero-order valence-corrected chi connectivity index (χ0v) is 10.2. The zero-order valence-electron chi connectivity index (χ0n) is 10.2. The first kappa shape index (κ1) is 11.3. The van der Waals surface area contributed by atoms with Gasteiger partial charge in [0.25, 0.3) is 0 Å². The molecule has 3 heteroatoms. The first-order valence-electron chi connectivity index (χ1n) is 6.44. The highest BCUT2D eigenvalue weighted by molar-refractivity contribution is 5.90. The third kappa shape index (κ3) is 1.54. The monoisotopic (exact) mass is 244 g/mol. The molecule has 0 saturated heterocycles. The van der Waals surface area contributed by atoms with Gasteiger partial charge in [0, 0.05) is 10.9 Å². The van der Waals surface area contributed by atoms with Crippen LogP contribution >= 0.6 is 0 Å². The molecule has 0 radical (unpaired) electrons. The van der Waals surface area contributed by atoms with Crippen molar-refractivity contribution in [2.75, 3.05) is 0 Å². The summed E-state index contributed by atoms with van der Waals surface area (Å²) in [6.45, 7) is 0. The topological polar surface area (TPSA) is 50.4 Å². The van der Waals surface area contributed by atoms with Gasteiger partial charge in [0.15, 0.2) is 0 Å². The van der Waals surface area contributed by atoms with Gasteiger partial charge in [0.2, 0.25) is 0 Å². The highest BCUT2D eigenvalue weighted by atomic mass is 16.4. The summed E-state index contributed by atoms with van der Waals surface area (Å²) in [4.78, 5) is 11.8. The summed E-state index contributed by atoms with van der Waals surface area (Å²) < 4.78 is 5.51.